The summed E-state index contributed by atoms with van der Waals surface area (Å²) in [6.45, 7) is 11.8. The average Bonchev–Trinajstić information content (AvgIpc) is 3.21. The van der Waals surface area contributed by atoms with Gasteiger partial charge in [0.2, 0.25) is 5.13 Å². The summed E-state index contributed by atoms with van der Waals surface area (Å²) in [7, 11) is 1.69. The molecule has 0 aliphatic rings. The number of rotatable bonds is 13. The van der Waals surface area contributed by atoms with Gasteiger partial charge in [0.15, 0.2) is 0 Å². The third-order valence-corrected chi connectivity index (χ3v) is 6.12. The van der Waals surface area contributed by atoms with Crippen molar-refractivity contribution in [3.8, 4) is 17.2 Å². The summed E-state index contributed by atoms with van der Waals surface area (Å²) >= 11 is 1.37. The molecule has 0 radical (unpaired) electrons. The van der Waals surface area contributed by atoms with Crippen molar-refractivity contribution in [2.75, 3.05) is 38.9 Å². The third-order valence-electron chi connectivity index (χ3n) is 4.98. The summed E-state index contributed by atoms with van der Waals surface area (Å²) in [5, 5.41) is 12.7. The molecule has 0 saturated carbocycles. The summed E-state index contributed by atoms with van der Waals surface area (Å²) in [5.41, 5.74) is 0.143. The molecular weight excluding hydrogens is 418 g/mol. The highest BCUT2D eigenvalue weighted by Crippen LogP contribution is 2.37. The Labute approximate surface area is 188 Å². The smallest absolute Gasteiger partial charge is 0.265 e. The molecule has 0 saturated heterocycles. The predicted octanol–water partition coefficient (Wildman–Crippen LogP) is 4.69. The second kappa shape index (κ2) is 11.9. The molecule has 0 aliphatic carbocycles. The van der Waals surface area contributed by atoms with Gasteiger partial charge in [-0.3, -0.25) is 10.1 Å². The first-order chi connectivity index (χ1) is 14.9. The summed E-state index contributed by atoms with van der Waals surface area (Å²) in [6.07, 6.45) is 1.71. The largest absolute Gasteiger partial charge is 0.494 e. The average molecular weight is 452 g/mol. The van der Waals surface area contributed by atoms with Crippen molar-refractivity contribution in [2.24, 2.45) is 0 Å². The molecule has 9 heteroatoms. The first kappa shape index (κ1) is 24.9. The van der Waals surface area contributed by atoms with E-state index in [0.717, 1.165) is 17.8 Å². The first-order valence-electron chi connectivity index (χ1n) is 10.6. The highest BCUT2D eigenvalue weighted by Gasteiger charge is 2.30. The zero-order valence-electron chi connectivity index (χ0n) is 19.2. The van der Waals surface area contributed by atoms with E-state index in [-0.39, 0.29) is 11.3 Å². The van der Waals surface area contributed by atoms with Crippen molar-refractivity contribution in [3.63, 3.8) is 0 Å². The highest BCUT2D eigenvalue weighted by atomic mass is 32.1. The Hall–Kier alpha value is -2.39. The van der Waals surface area contributed by atoms with Gasteiger partial charge in [0.1, 0.15) is 27.8 Å². The molecule has 31 heavy (non-hydrogen) atoms. The maximum atomic E-state index is 13.2. The lowest BCUT2D eigenvalue weighted by Gasteiger charge is -2.24. The SMILES string of the molecule is CCOc1cc(OCC)c(C(=O)Nc2nnc(C(C)(CC)CCOC)s2)c(OCC)c1. The molecule has 8 nitrogen and oxygen atoms in total. The number of benzene rings is 1. The number of ether oxygens (including phenoxy) is 4. The van der Waals surface area contributed by atoms with E-state index in [4.69, 9.17) is 18.9 Å². The van der Waals surface area contributed by atoms with Crippen molar-refractivity contribution in [2.45, 2.75) is 52.9 Å². The predicted molar refractivity (Wildman–Crippen MR) is 122 cm³/mol. The van der Waals surface area contributed by atoms with Gasteiger partial charge in [0.05, 0.1) is 19.8 Å². The lowest BCUT2D eigenvalue weighted by atomic mass is 9.85. The molecule has 2 rings (SSSR count). The summed E-state index contributed by atoms with van der Waals surface area (Å²) in [4.78, 5) is 13.2. The van der Waals surface area contributed by atoms with Gasteiger partial charge in [0, 0.05) is 31.3 Å². The van der Waals surface area contributed by atoms with Crippen LogP contribution in [0.15, 0.2) is 12.1 Å². The van der Waals surface area contributed by atoms with E-state index in [0.29, 0.717) is 54.4 Å². The Bertz CT molecular complexity index is 830. The minimum absolute atomic E-state index is 0.164. The lowest BCUT2D eigenvalue weighted by Crippen LogP contribution is -2.22. The van der Waals surface area contributed by atoms with Gasteiger partial charge in [-0.1, -0.05) is 25.2 Å². The molecule has 0 bridgehead atoms. The van der Waals surface area contributed by atoms with Crippen LogP contribution in [0, 0.1) is 0 Å². The number of nitrogens with one attached hydrogen (secondary N) is 1. The summed E-state index contributed by atoms with van der Waals surface area (Å²) in [6, 6.07) is 3.41. The van der Waals surface area contributed by atoms with Crippen LogP contribution in [0.5, 0.6) is 17.2 Å². The number of aromatic nitrogens is 2. The maximum Gasteiger partial charge on any atom is 0.265 e. The summed E-state index contributed by atoms with van der Waals surface area (Å²) < 4.78 is 22.3. The molecule has 1 N–H and O–H groups in total. The van der Waals surface area contributed by atoms with Gasteiger partial charge in [-0.2, -0.15) is 0 Å². The minimum atomic E-state index is -0.368. The van der Waals surface area contributed by atoms with Crippen molar-refractivity contribution in [1.82, 2.24) is 10.2 Å². The van der Waals surface area contributed by atoms with Gasteiger partial charge in [-0.25, -0.2) is 0 Å². The maximum absolute atomic E-state index is 13.2. The van der Waals surface area contributed by atoms with Gasteiger partial charge in [-0.15, -0.1) is 10.2 Å². The quantitative estimate of drug-likeness (QED) is 0.472. The van der Waals surface area contributed by atoms with Crippen LogP contribution < -0.4 is 19.5 Å². The van der Waals surface area contributed by atoms with Crippen LogP contribution >= 0.6 is 11.3 Å². The van der Waals surface area contributed by atoms with Crippen LogP contribution in [-0.4, -0.2) is 49.6 Å². The highest BCUT2D eigenvalue weighted by molar-refractivity contribution is 7.15. The molecule has 2 aromatic rings. The lowest BCUT2D eigenvalue weighted by molar-refractivity contribution is 0.101. The number of amides is 1. The second-order valence-electron chi connectivity index (χ2n) is 7.12. The number of carbonyl (C=O) groups excluding carboxylic acids is 1. The first-order valence-corrected chi connectivity index (χ1v) is 11.4. The van der Waals surface area contributed by atoms with Crippen LogP contribution in [-0.2, 0) is 10.2 Å². The Morgan fingerprint density at radius 2 is 1.65 bits per heavy atom. The van der Waals surface area contributed by atoms with E-state index >= 15 is 0 Å². The molecule has 0 fully saturated rings. The van der Waals surface area contributed by atoms with Crippen molar-refractivity contribution in [3.05, 3.63) is 22.7 Å². The van der Waals surface area contributed by atoms with Crippen LogP contribution in [0.25, 0.3) is 0 Å². The van der Waals surface area contributed by atoms with Gasteiger partial charge < -0.3 is 18.9 Å². The minimum Gasteiger partial charge on any atom is -0.494 e. The molecule has 1 aromatic heterocycles. The Balaban J connectivity index is 2.33. The van der Waals surface area contributed by atoms with Gasteiger partial charge in [0.25, 0.3) is 5.91 Å². The topological polar surface area (TPSA) is 91.8 Å². The zero-order chi connectivity index (χ0) is 22.9. The second-order valence-corrected chi connectivity index (χ2v) is 8.09. The van der Waals surface area contributed by atoms with E-state index in [1.807, 2.05) is 20.8 Å². The van der Waals surface area contributed by atoms with E-state index in [2.05, 4.69) is 29.4 Å². The molecular formula is C22H33N3O5S. The van der Waals surface area contributed by atoms with E-state index < -0.39 is 0 Å². The standard InChI is InChI=1S/C22H33N3O5S/c1-7-22(5,11-12-27-6)20-24-25-21(31-20)23-19(26)18-16(29-9-3)13-15(28-8-2)14-17(18)30-10-4/h13-14H,7-12H2,1-6H3,(H,23,25,26). The number of methoxy groups -OCH3 is 1. The molecule has 1 atom stereocenters. The van der Waals surface area contributed by atoms with E-state index in [9.17, 15) is 4.79 Å². The molecule has 172 valence electrons. The van der Waals surface area contributed by atoms with Crippen molar-refractivity contribution in [1.29, 1.82) is 0 Å². The van der Waals surface area contributed by atoms with Crippen LogP contribution in [0.4, 0.5) is 5.13 Å². The number of hydrogen-bond donors (Lipinski definition) is 1. The third kappa shape index (κ3) is 6.30. The molecule has 1 unspecified atom stereocenters. The van der Waals surface area contributed by atoms with Gasteiger partial charge in [-0.05, 0) is 33.6 Å². The van der Waals surface area contributed by atoms with Crippen molar-refractivity contribution >= 4 is 22.4 Å². The van der Waals surface area contributed by atoms with E-state index in [1.54, 1.807) is 19.2 Å². The summed E-state index contributed by atoms with van der Waals surface area (Å²) in [5.74, 6) is 1.02. The number of nitrogens with zero attached hydrogens (tertiary/aromatic N) is 2. The molecule has 1 heterocycles. The molecule has 1 amide bonds. The zero-order valence-corrected chi connectivity index (χ0v) is 20.1. The van der Waals surface area contributed by atoms with E-state index in [1.165, 1.54) is 11.3 Å². The Kier molecular flexibility index (Phi) is 9.51. The molecule has 1 aromatic carbocycles. The fourth-order valence-electron chi connectivity index (χ4n) is 3.02. The molecule has 0 spiro atoms. The van der Waals surface area contributed by atoms with Crippen LogP contribution in [0.2, 0.25) is 0 Å². The number of anilines is 1. The number of carbonyl (C=O) groups is 1. The van der Waals surface area contributed by atoms with Crippen molar-refractivity contribution < 1.29 is 23.7 Å². The van der Waals surface area contributed by atoms with Gasteiger partial charge >= 0.3 is 0 Å². The number of hydrogen-bond acceptors (Lipinski definition) is 8. The Morgan fingerprint density at radius 1 is 1.03 bits per heavy atom. The van der Waals surface area contributed by atoms with Crippen LogP contribution in [0.3, 0.4) is 0 Å². The fraction of sp³-hybridized carbons (Fsp3) is 0.591. The monoisotopic (exact) mass is 451 g/mol. The molecule has 0 aliphatic heterocycles. The fourth-order valence-corrected chi connectivity index (χ4v) is 4.00. The Morgan fingerprint density at radius 3 is 2.16 bits per heavy atom. The normalized spacial score (nSPS) is 12.8. The van der Waals surface area contributed by atoms with Crippen LogP contribution in [0.1, 0.15) is 62.8 Å².